The molecule has 0 aromatic heterocycles. The topological polar surface area (TPSA) is 130 Å². The second kappa shape index (κ2) is 8.51. The molecule has 0 saturated carbocycles. The van der Waals surface area contributed by atoms with Crippen LogP contribution in [0.5, 0.6) is 0 Å². The summed E-state index contributed by atoms with van der Waals surface area (Å²) in [4.78, 5) is 47.3. The number of aromatic carboxylic acids is 1. The Balaban J connectivity index is 1.69. The fraction of sp³-hybridized carbons (Fsp3) is 0.250. The highest BCUT2D eigenvalue weighted by Gasteiger charge is 2.20. The van der Waals surface area contributed by atoms with Gasteiger partial charge in [0.2, 0.25) is 5.91 Å². The van der Waals surface area contributed by atoms with Crippen molar-refractivity contribution >= 4 is 23.5 Å². The summed E-state index contributed by atoms with van der Waals surface area (Å²) in [5, 5.41) is 22.7. The Morgan fingerprint density at radius 2 is 1.86 bits per heavy atom. The molecule has 0 radical (unpaired) electrons. The molecular weight excluding hydrogens is 378 g/mol. The lowest BCUT2D eigenvalue weighted by Gasteiger charge is -2.16. The van der Waals surface area contributed by atoms with Gasteiger partial charge in [-0.1, -0.05) is 24.3 Å². The van der Waals surface area contributed by atoms with Gasteiger partial charge in [0, 0.05) is 43.8 Å². The Morgan fingerprint density at radius 1 is 1.14 bits per heavy atom. The third kappa shape index (κ3) is 4.95. The number of rotatable bonds is 7. The van der Waals surface area contributed by atoms with Gasteiger partial charge in [-0.05, 0) is 23.6 Å². The molecule has 9 heteroatoms. The number of amides is 2. The fourth-order valence-electron chi connectivity index (χ4n) is 3.19. The van der Waals surface area contributed by atoms with Crippen LogP contribution in [-0.2, 0) is 17.9 Å². The van der Waals surface area contributed by atoms with Crippen LogP contribution >= 0.6 is 0 Å². The minimum Gasteiger partial charge on any atom is -0.478 e. The number of benzene rings is 2. The Labute approximate surface area is 166 Å². The lowest BCUT2D eigenvalue weighted by atomic mass is 10.1. The third-order valence-corrected chi connectivity index (χ3v) is 4.63. The van der Waals surface area contributed by atoms with Crippen molar-refractivity contribution in [3.05, 3.63) is 74.8 Å². The molecule has 1 saturated heterocycles. The normalized spacial score (nSPS) is 13.4. The summed E-state index contributed by atoms with van der Waals surface area (Å²) >= 11 is 0. The summed E-state index contributed by atoms with van der Waals surface area (Å²) in [7, 11) is 0. The molecule has 2 aromatic carbocycles. The van der Waals surface area contributed by atoms with Gasteiger partial charge >= 0.3 is 5.97 Å². The van der Waals surface area contributed by atoms with Crippen molar-refractivity contribution in [2.75, 3.05) is 6.54 Å². The summed E-state index contributed by atoms with van der Waals surface area (Å²) in [5.74, 6) is -1.84. The summed E-state index contributed by atoms with van der Waals surface area (Å²) in [5.41, 5.74) is 0.839. The van der Waals surface area contributed by atoms with E-state index in [2.05, 4.69) is 5.32 Å². The van der Waals surface area contributed by atoms with Crippen LogP contribution in [0.3, 0.4) is 0 Å². The molecule has 0 unspecified atom stereocenters. The van der Waals surface area contributed by atoms with Crippen molar-refractivity contribution in [2.24, 2.45) is 0 Å². The average molecular weight is 397 g/mol. The van der Waals surface area contributed by atoms with Crippen LogP contribution in [-0.4, -0.2) is 39.3 Å². The highest BCUT2D eigenvalue weighted by atomic mass is 16.6. The Hall–Kier alpha value is -3.75. The van der Waals surface area contributed by atoms with Crippen molar-refractivity contribution in [3.8, 4) is 0 Å². The maximum atomic E-state index is 12.4. The molecule has 3 rings (SSSR count). The van der Waals surface area contributed by atoms with E-state index in [-0.39, 0.29) is 23.6 Å². The molecule has 0 spiro atoms. The van der Waals surface area contributed by atoms with Gasteiger partial charge in [0.25, 0.3) is 11.6 Å². The van der Waals surface area contributed by atoms with E-state index in [0.29, 0.717) is 13.0 Å². The van der Waals surface area contributed by atoms with Crippen LogP contribution in [0.4, 0.5) is 5.69 Å². The zero-order chi connectivity index (χ0) is 21.0. The molecule has 0 bridgehead atoms. The van der Waals surface area contributed by atoms with Crippen LogP contribution in [0.15, 0.2) is 42.5 Å². The van der Waals surface area contributed by atoms with E-state index in [9.17, 15) is 24.5 Å². The van der Waals surface area contributed by atoms with Gasteiger partial charge in [0.05, 0.1) is 10.5 Å². The van der Waals surface area contributed by atoms with Crippen molar-refractivity contribution in [1.82, 2.24) is 10.2 Å². The lowest BCUT2D eigenvalue weighted by Crippen LogP contribution is -2.25. The van der Waals surface area contributed by atoms with Crippen molar-refractivity contribution in [3.63, 3.8) is 0 Å². The molecule has 2 amide bonds. The van der Waals surface area contributed by atoms with E-state index in [0.717, 1.165) is 42.3 Å². The van der Waals surface area contributed by atoms with Crippen LogP contribution < -0.4 is 5.32 Å². The van der Waals surface area contributed by atoms with Gasteiger partial charge in [0.1, 0.15) is 0 Å². The first-order chi connectivity index (χ1) is 13.8. The monoisotopic (exact) mass is 397 g/mol. The number of carboxylic acids is 1. The number of non-ortho nitro benzene ring substituents is 1. The van der Waals surface area contributed by atoms with E-state index in [4.69, 9.17) is 5.11 Å². The molecule has 1 fully saturated rings. The SMILES string of the molecule is O=C(O)c1cc(C(=O)NCc2cccc(CN3CCCC3=O)c2)cc([N+](=O)[O-])c1. The molecule has 2 aromatic rings. The molecule has 150 valence electrons. The van der Waals surface area contributed by atoms with E-state index in [1.54, 1.807) is 4.90 Å². The highest BCUT2D eigenvalue weighted by Crippen LogP contribution is 2.18. The highest BCUT2D eigenvalue weighted by molar-refractivity contribution is 5.98. The van der Waals surface area contributed by atoms with Gasteiger partial charge in [0.15, 0.2) is 0 Å². The largest absolute Gasteiger partial charge is 0.478 e. The zero-order valence-electron chi connectivity index (χ0n) is 15.5. The number of likely N-dealkylation sites (tertiary alicyclic amines) is 1. The van der Waals surface area contributed by atoms with Gasteiger partial charge in [-0.15, -0.1) is 0 Å². The van der Waals surface area contributed by atoms with Crippen LogP contribution in [0.1, 0.15) is 44.7 Å². The summed E-state index contributed by atoms with van der Waals surface area (Å²) < 4.78 is 0. The average Bonchev–Trinajstić information content (AvgIpc) is 3.10. The number of carboxylic acid groups (broad SMARTS) is 1. The molecule has 0 atom stereocenters. The Bertz CT molecular complexity index is 956. The number of nitrogens with one attached hydrogen (secondary N) is 1. The van der Waals surface area contributed by atoms with Crippen LogP contribution in [0.25, 0.3) is 0 Å². The van der Waals surface area contributed by atoms with Crippen LogP contribution in [0, 0.1) is 10.1 Å². The number of nitro benzene ring substituents is 1. The molecular formula is C20H19N3O6. The number of nitrogens with zero attached hydrogens (tertiary/aromatic N) is 2. The first-order valence-corrected chi connectivity index (χ1v) is 9.00. The smallest absolute Gasteiger partial charge is 0.335 e. The van der Waals surface area contributed by atoms with Crippen molar-refractivity contribution in [2.45, 2.75) is 25.9 Å². The Kier molecular flexibility index (Phi) is 5.87. The maximum Gasteiger partial charge on any atom is 0.335 e. The first-order valence-electron chi connectivity index (χ1n) is 9.00. The molecule has 1 aliphatic rings. The predicted molar refractivity (Wildman–Crippen MR) is 102 cm³/mol. The maximum absolute atomic E-state index is 12.4. The van der Waals surface area contributed by atoms with E-state index in [1.165, 1.54) is 0 Å². The quantitative estimate of drug-likeness (QED) is 0.545. The summed E-state index contributed by atoms with van der Waals surface area (Å²) in [6, 6.07) is 10.5. The minimum atomic E-state index is -1.35. The van der Waals surface area contributed by atoms with E-state index in [1.807, 2.05) is 24.3 Å². The molecule has 9 nitrogen and oxygen atoms in total. The lowest BCUT2D eigenvalue weighted by molar-refractivity contribution is -0.384. The fourth-order valence-corrected chi connectivity index (χ4v) is 3.19. The molecule has 1 aliphatic heterocycles. The first kappa shape index (κ1) is 20.0. The minimum absolute atomic E-state index is 0.101. The third-order valence-electron chi connectivity index (χ3n) is 4.63. The number of nitro groups is 1. The van der Waals surface area contributed by atoms with Gasteiger partial charge in [-0.3, -0.25) is 19.7 Å². The van der Waals surface area contributed by atoms with Gasteiger partial charge < -0.3 is 15.3 Å². The molecule has 0 aliphatic carbocycles. The number of carbonyl (C=O) groups is 3. The molecule has 1 heterocycles. The van der Waals surface area contributed by atoms with Crippen LogP contribution in [0.2, 0.25) is 0 Å². The second-order valence-corrected chi connectivity index (χ2v) is 6.75. The van der Waals surface area contributed by atoms with E-state index < -0.39 is 22.5 Å². The Morgan fingerprint density at radius 3 is 2.52 bits per heavy atom. The second-order valence-electron chi connectivity index (χ2n) is 6.75. The zero-order valence-corrected chi connectivity index (χ0v) is 15.5. The van der Waals surface area contributed by atoms with Gasteiger partial charge in [-0.2, -0.15) is 0 Å². The summed E-state index contributed by atoms with van der Waals surface area (Å²) in [6.07, 6.45) is 1.42. The molecule has 29 heavy (non-hydrogen) atoms. The summed E-state index contributed by atoms with van der Waals surface area (Å²) in [6.45, 7) is 1.40. The van der Waals surface area contributed by atoms with Gasteiger partial charge in [-0.25, -0.2) is 4.79 Å². The number of carbonyl (C=O) groups excluding carboxylic acids is 2. The number of hydrogen-bond donors (Lipinski definition) is 2. The van der Waals surface area contributed by atoms with Crippen molar-refractivity contribution < 1.29 is 24.4 Å². The number of hydrogen-bond acceptors (Lipinski definition) is 5. The van der Waals surface area contributed by atoms with Crippen molar-refractivity contribution in [1.29, 1.82) is 0 Å². The molecule has 2 N–H and O–H groups in total. The predicted octanol–water partition coefficient (Wildman–Crippen LogP) is 2.35. The van der Waals surface area contributed by atoms with E-state index >= 15 is 0 Å². The standard InChI is InChI=1S/C20H19N3O6/c24-18-5-2-6-22(18)12-14-4-1-3-13(7-14)11-21-19(25)15-8-16(20(26)27)10-17(9-15)23(28)29/h1,3-4,7-10H,2,5-6,11-12H2,(H,21,25)(H,26,27).